The largest absolute Gasteiger partial charge is 0.462 e. The molecule has 1 aromatic heterocycles. The summed E-state index contributed by atoms with van der Waals surface area (Å²) >= 11 is 7.28. The maximum Gasteiger partial charge on any atom is 0.341 e. The van der Waals surface area contributed by atoms with Gasteiger partial charge in [-0.1, -0.05) is 36.6 Å². The molecule has 0 aliphatic heterocycles. The molecule has 0 fully saturated rings. The number of rotatable bonds is 5. The summed E-state index contributed by atoms with van der Waals surface area (Å²) in [5.74, 6) is -0.247. The van der Waals surface area contributed by atoms with Crippen LogP contribution in [0, 0.1) is 13.8 Å². The highest BCUT2D eigenvalue weighted by Crippen LogP contribution is 2.37. The third-order valence-electron chi connectivity index (χ3n) is 5.63. The van der Waals surface area contributed by atoms with E-state index in [9.17, 15) is 4.79 Å². The second-order valence-electron chi connectivity index (χ2n) is 8.02. The maximum atomic E-state index is 12.8. The zero-order valence-electron chi connectivity index (χ0n) is 18.4. The topological polar surface area (TPSA) is 50.4 Å². The first-order chi connectivity index (χ1) is 14.4. The summed E-state index contributed by atoms with van der Waals surface area (Å²) in [6, 6.07) is 6.51. The van der Waals surface area contributed by atoms with E-state index >= 15 is 0 Å². The first kappa shape index (κ1) is 22.8. The Morgan fingerprint density at radius 1 is 1.20 bits per heavy atom. The highest BCUT2D eigenvalue weighted by atomic mass is 32.1. The molecule has 1 aliphatic rings. The molecular weight excluding hydrogens is 412 g/mol. The summed E-state index contributed by atoms with van der Waals surface area (Å²) in [6.45, 7) is 8.53. The average Bonchev–Trinajstić information content (AvgIpc) is 2.99. The van der Waals surface area contributed by atoms with Crippen molar-refractivity contribution < 1.29 is 9.53 Å². The molecular formula is C24H32N2O2S2. The number of benzene rings is 1. The number of hydrogen-bond acceptors (Lipinski definition) is 4. The van der Waals surface area contributed by atoms with E-state index in [0.717, 1.165) is 29.8 Å². The fraction of sp³-hybridized carbons (Fsp3) is 0.500. The molecule has 0 spiro atoms. The summed E-state index contributed by atoms with van der Waals surface area (Å²) in [7, 11) is 0. The van der Waals surface area contributed by atoms with E-state index in [1.165, 1.54) is 40.8 Å². The van der Waals surface area contributed by atoms with Crippen LogP contribution in [0.4, 0.5) is 5.00 Å². The van der Waals surface area contributed by atoms with E-state index in [4.69, 9.17) is 17.0 Å². The van der Waals surface area contributed by atoms with Crippen LogP contribution >= 0.6 is 23.6 Å². The van der Waals surface area contributed by atoms with Crippen LogP contribution in [0.25, 0.3) is 0 Å². The van der Waals surface area contributed by atoms with Crippen LogP contribution in [0.1, 0.15) is 83.1 Å². The van der Waals surface area contributed by atoms with E-state index in [1.807, 2.05) is 6.92 Å². The molecule has 30 heavy (non-hydrogen) atoms. The van der Waals surface area contributed by atoms with Gasteiger partial charge in [0.05, 0.1) is 18.2 Å². The summed E-state index contributed by atoms with van der Waals surface area (Å²) in [4.78, 5) is 14.1. The molecule has 1 unspecified atom stereocenters. The lowest BCUT2D eigenvalue weighted by Crippen LogP contribution is -2.31. The number of ether oxygens (including phenoxy) is 1. The van der Waals surface area contributed by atoms with Crippen molar-refractivity contribution in [3.05, 3.63) is 50.9 Å². The molecule has 0 radical (unpaired) electrons. The van der Waals surface area contributed by atoms with Crippen molar-refractivity contribution in [3.8, 4) is 0 Å². The van der Waals surface area contributed by atoms with Crippen LogP contribution in [-0.2, 0) is 17.6 Å². The zero-order valence-corrected chi connectivity index (χ0v) is 20.0. The first-order valence-electron chi connectivity index (χ1n) is 10.9. The van der Waals surface area contributed by atoms with E-state index in [1.54, 1.807) is 11.3 Å². The monoisotopic (exact) mass is 444 g/mol. The Labute approximate surface area is 189 Å². The first-order valence-corrected chi connectivity index (χ1v) is 12.1. The van der Waals surface area contributed by atoms with Gasteiger partial charge in [-0.05, 0) is 82.3 Å². The lowest BCUT2D eigenvalue weighted by Gasteiger charge is -2.19. The average molecular weight is 445 g/mol. The lowest BCUT2D eigenvalue weighted by atomic mass is 9.96. The predicted molar refractivity (Wildman–Crippen MR) is 130 cm³/mol. The van der Waals surface area contributed by atoms with Crippen LogP contribution in [-0.4, -0.2) is 17.7 Å². The fourth-order valence-electron chi connectivity index (χ4n) is 4.07. The predicted octanol–water partition coefficient (Wildman–Crippen LogP) is 6.25. The van der Waals surface area contributed by atoms with Crippen LogP contribution < -0.4 is 10.6 Å². The quantitative estimate of drug-likeness (QED) is 0.422. The Kier molecular flexibility index (Phi) is 7.89. The third kappa shape index (κ3) is 5.41. The van der Waals surface area contributed by atoms with Gasteiger partial charge in [0.25, 0.3) is 0 Å². The Hall–Kier alpha value is -1.92. The number of fused-ring (bicyclic) bond motifs is 1. The van der Waals surface area contributed by atoms with Crippen LogP contribution in [0.3, 0.4) is 0 Å². The van der Waals surface area contributed by atoms with Gasteiger partial charge < -0.3 is 15.4 Å². The number of carbonyl (C=O) groups is 1. The van der Waals surface area contributed by atoms with E-state index in [2.05, 4.69) is 49.6 Å². The van der Waals surface area contributed by atoms with Crippen molar-refractivity contribution in [1.29, 1.82) is 0 Å². The van der Waals surface area contributed by atoms with Gasteiger partial charge in [-0.15, -0.1) is 11.3 Å². The standard InChI is InChI=1S/C24H32N2O2S2/c1-5-28-23(27)21-18-10-8-6-7-9-11-20(18)30-22(21)26-24(29)25-17(4)19-14-15(2)12-13-16(19)3/h12-14,17H,5-11H2,1-4H3,(H2,25,26,29). The number of nitrogens with one attached hydrogen (secondary N) is 2. The molecule has 3 rings (SSSR count). The van der Waals surface area contributed by atoms with E-state index in [-0.39, 0.29) is 12.0 Å². The summed E-state index contributed by atoms with van der Waals surface area (Å²) in [5, 5.41) is 8.05. The number of anilines is 1. The van der Waals surface area contributed by atoms with Gasteiger partial charge in [0.15, 0.2) is 5.11 Å². The van der Waals surface area contributed by atoms with Gasteiger partial charge in [0.2, 0.25) is 0 Å². The highest BCUT2D eigenvalue weighted by Gasteiger charge is 2.26. The van der Waals surface area contributed by atoms with Crippen LogP contribution in [0.2, 0.25) is 0 Å². The normalized spacial score (nSPS) is 14.8. The van der Waals surface area contributed by atoms with Crippen molar-refractivity contribution in [3.63, 3.8) is 0 Å². The molecule has 0 saturated heterocycles. The van der Waals surface area contributed by atoms with Gasteiger partial charge in [0, 0.05) is 4.88 Å². The van der Waals surface area contributed by atoms with Crippen LogP contribution in [0.5, 0.6) is 0 Å². The Morgan fingerprint density at radius 3 is 2.67 bits per heavy atom. The van der Waals surface area contributed by atoms with Crippen molar-refractivity contribution in [2.75, 3.05) is 11.9 Å². The number of thiocarbonyl (C=S) groups is 1. The SMILES string of the molecule is CCOC(=O)c1c(NC(=S)NC(C)c2cc(C)ccc2C)sc2c1CCCCCC2. The molecule has 1 heterocycles. The molecule has 1 atom stereocenters. The van der Waals surface area contributed by atoms with Crippen molar-refractivity contribution >= 4 is 39.6 Å². The molecule has 0 saturated carbocycles. The summed E-state index contributed by atoms with van der Waals surface area (Å²) in [6.07, 6.45) is 6.70. The van der Waals surface area contributed by atoms with Crippen LogP contribution in [0.15, 0.2) is 18.2 Å². The number of carbonyl (C=O) groups excluding carboxylic acids is 1. The van der Waals surface area contributed by atoms with E-state index < -0.39 is 0 Å². The highest BCUT2D eigenvalue weighted by molar-refractivity contribution is 7.80. The number of esters is 1. The van der Waals surface area contributed by atoms with E-state index in [0.29, 0.717) is 17.3 Å². The maximum absolute atomic E-state index is 12.8. The molecule has 4 nitrogen and oxygen atoms in total. The zero-order chi connectivity index (χ0) is 21.7. The number of aryl methyl sites for hydroxylation is 3. The fourth-order valence-corrected chi connectivity index (χ4v) is 5.69. The Bertz CT molecular complexity index is 920. The second kappa shape index (κ2) is 10.4. The molecule has 0 bridgehead atoms. The van der Waals surface area contributed by atoms with Gasteiger partial charge in [0.1, 0.15) is 5.00 Å². The molecule has 6 heteroatoms. The lowest BCUT2D eigenvalue weighted by molar-refractivity contribution is 0.0526. The molecule has 1 aliphatic carbocycles. The summed E-state index contributed by atoms with van der Waals surface area (Å²) < 4.78 is 5.39. The minimum atomic E-state index is -0.247. The molecule has 162 valence electrons. The van der Waals surface area contributed by atoms with Gasteiger partial charge >= 0.3 is 5.97 Å². The smallest absolute Gasteiger partial charge is 0.341 e. The van der Waals surface area contributed by atoms with Gasteiger partial charge in [-0.25, -0.2) is 4.79 Å². The van der Waals surface area contributed by atoms with Crippen molar-refractivity contribution in [2.24, 2.45) is 0 Å². The Morgan fingerprint density at radius 2 is 1.93 bits per heavy atom. The number of hydrogen-bond donors (Lipinski definition) is 2. The summed E-state index contributed by atoms with van der Waals surface area (Å²) in [5.41, 5.74) is 5.53. The Balaban J connectivity index is 1.82. The molecule has 2 N–H and O–H groups in total. The molecule has 0 amide bonds. The van der Waals surface area contributed by atoms with Gasteiger partial charge in [-0.2, -0.15) is 0 Å². The third-order valence-corrected chi connectivity index (χ3v) is 7.05. The van der Waals surface area contributed by atoms with Crippen molar-refractivity contribution in [1.82, 2.24) is 5.32 Å². The van der Waals surface area contributed by atoms with Crippen molar-refractivity contribution in [2.45, 2.75) is 72.3 Å². The molecule has 1 aromatic carbocycles. The molecule has 2 aromatic rings. The second-order valence-corrected chi connectivity index (χ2v) is 9.54. The minimum absolute atomic E-state index is 0.0666. The number of thiophene rings is 1. The minimum Gasteiger partial charge on any atom is -0.462 e. The van der Waals surface area contributed by atoms with Gasteiger partial charge in [-0.3, -0.25) is 0 Å².